The van der Waals surface area contributed by atoms with Crippen LogP contribution in [-0.4, -0.2) is 24.2 Å². The molecule has 1 aromatic heterocycles. The van der Waals surface area contributed by atoms with Gasteiger partial charge in [-0.2, -0.15) is 0 Å². The first-order valence-corrected chi connectivity index (χ1v) is 8.95. The number of hydrogen-bond acceptors (Lipinski definition) is 5. The van der Waals surface area contributed by atoms with Crippen LogP contribution in [0.15, 0.2) is 59.4 Å². The van der Waals surface area contributed by atoms with E-state index in [1.165, 1.54) is 14.2 Å². The summed E-state index contributed by atoms with van der Waals surface area (Å²) in [5.74, 6) is 0. The molecular formula is C17H17N2O4P. The topological polar surface area (TPSA) is 81.3 Å². The minimum absolute atomic E-state index is 0.104. The predicted octanol–water partition coefficient (Wildman–Crippen LogP) is 3.50. The highest BCUT2D eigenvalue weighted by Crippen LogP contribution is 2.61. The van der Waals surface area contributed by atoms with Crippen LogP contribution in [0, 0.1) is 0 Å². The second kappa shape index (κ2) is 6.69. The monoisotopic (exact) mass is 344 g/mol. The zero-order chi connectivity index (χ0) is 17.2. The first kappa shape index (κ1) is 16.6. The molecule has 124 valence electrons. The molecule has 0 bridgehead atoms. The van der Waals surface area contributed by atoms with E-state index in [1.54, 1.807) is 36.4 Å². The molecule has 0 saturated heterocycles. The SMILES string of the molecule is COP(=O)(OC)[C@H](c1ccccc1)c1nc2ccccc2[nH]c1=O. The largest absolute Gasteiger partial charge is 0.343 e. The van der Waals surface area contributed by atoms with E-state index >= 15 is 0 Å². The van der Waals surface area contributed by atoms with E-state index < -0.39 is 18.8 Å². The molecule has 1 N–H and O–H groups in total. The van der Waals surface area contributed by atoms with Crippen LogP contribution in [0.2, 0.25) is 0 Å². The molecule has 1 atom stereocenters. The molecule has 0 aliphatic heterocycles. The summed E-state index contributed by atoms with van der Waals surface area (Å²) in [6.45, 7) is 0. The standard InChI is InChI=1S/C17H17N2O4P/c1-22-24(21,23-2)16(12-8-4-3-5-9-12)15-17(20)19-14-11-7-6-10-13(14)18-15/h3-11,16H,1-2H3,(H,19,20)/t16-/m1/s1. The van der Waals surface area contributed by atoms with Gasteiger partial charge in [-0.05, 0) is 17.7 Å². The fraction of sp³-hybridized carbons (Fsp3) is 0.176. The van der Waals surface area contributed by atoms with Crippen molar-refractivity contribution in [3.8, 4) is 0 Å². The van der Waals surface area contributed by atoms with Gasteiger partial charge in [0.15, 0.2) is 0 Å². The van der Waals surface area contributed by atoms with Crippen LogP contribution >= 0.6 is 7.60 Å². The Morgan fingerprint density at radius 3 is 2.29 bits per heavy atom. The quantitative estimate of drug-likeness (QED) is 0.717. The first-order chi connectivity index (χ1) is 11.6. The highest BCUT2D eigenvalue weighted by atomic mass is 31.2. The molecule has 0 radical (unpaired) electrons. The van der Waals surface area contributed by atoms with Crippen molar-refractivity contribution < 1.29 is 13.6 Å². The van der Waals surface area contributed by atoms with E-state index in [9.17, 15) is 9.36 Å². The van der Waals surface area contributed by atoms with Crippen LogP contribution in [-0.2, 0) is 13.6 Å². The molecule has 24 heavy (non-hydrogen) atoms. The second-order valence-corrected chi connectivity index (χ2v) is 7.51. The highest BCUT2D eigenvalue weighted by Gasteiger charge is 2.39. The number of fused-ring (bicyclic) bond motifs is 1. The average Bonchev–Trinajstić information content (AvgIpc) is 2.63. The molecule has 0 unspecified atom stereocenters. The maximum atomic E-state index is 13.1. The Labute approximate surface area is 139 Å². The maximum absolute atomic E-state index is 13.1. The van der Waals surface area contributed by atoms with Gasteiger partial charge in [0, 0.05) is 14.2 Å². The lowest BCUT2D eigenvalue weighted by molar-refractivity contribution is 0.269. The summed E-state index contributed by atoms with van der Waals surface area (Å²) in [6, 6.07) is 16.1. The van der Waals surface area contributed by atoms with Crippen molar-refractivity contribution in [1.29, 1.82) is 0 Å². The predicted molar refractivity (Wildman–Crippen MR) is 92.3 cm³/mol. The molecule has 7 heteroatoms. The molecule has 0 saturated carbocycles. The number of aromatic amines is 1. The fourth-order valence-electron chi connectivity index (χ4n) is 2.64. The maximum Gasteiger partial charge on any atom is 0.343 e. The molecular weight excluding hydrogens is 327 g/mol. The summed E-state index contributed by atoms with van der Waals surface area (Å²) < 4.78 is 23.4. The van der Waals surface area contributed by atoms with Gasteiger partial charge in [-0.15, -0.1) is 0 Å². The van der Waals surface area contributed by atoms with Gasteiger partial charge in [0.05, 0.1) is 11.0 Å². The first-order valence-electron chi connectivity index (χ1n) is 7.34. The Morgan fingerprint density at radius 1 is 1.00 bits per heavy atom. The van der Waals surface area contributed by atoms with Crippen molar-refractivity contribution in [2.24, 2.45) is 0 Å². The summed E-state index contributed by atoms with van der Waals surface area (Å²) in [5, 5.41) is 0. The number of para-hydroxylation sites is 2. The van der Waals surface area contributed by atoms with Crippen molar-refractivity contribution >= 4 is 18.6 Å². The summed E-state index contributed by atoms with van der Waals surface area (Å²) in [6.07, 6.45) is 0. The summed E-state index contributed by atoms with van der Waals surface area (Å²) >= 11 is 0. The Kier molecular flexibility index (Phi) is 4.62. The van der Waals surface area contributed by atoms with E-state index in [1.807, 2.05) is 18.2 Å². The lowest BCUT2D eigenvalue weighted by Gasteiger charge is -2.23. The molecule has 0 spiro atoms. The van der Waals surface area contributed by atoms with Gasteiger partial charge in [0.25, 0.3) is 5.56 Å². The van der Waals surface area contributed by atoms with Crippen LogP contribution in [0.3, 0.4) is 0 Å². The molecule has 0 aliphatic carbocycles. The number of rotatable bonds is 5. The van der Waals surface area contributed by atoms with Gasteiger partial charge in [0.2, 0.25) is 0 Å². The summed E-state index contributed by atoms with van der Waals surface area (Å²) in [4.78, 5) is 19.8. The Bertz CT molecular complexity index is 947. The Balaban J connectivity index is 2.29. The average molecular weight is 344 g/mol. The summed E-state index contributed by atoms with van der Waals surface area (Å²) in [7, 11) is -1.02. The number of hydrogen-bond donors (Lipinski definition) is 1. The van der Waals surface area contributed by atoms with Gasteiger partial charge >= 0.3 is 7.60 Å². The van der Waals surface area contributed by atoms with Crippen molar-refractivity contribution in [2.45, 2.75) is 5.66 Å². The van der Waals surface area contributed by atoms with Crippen molar-refractivity contribution in [1.82, 2.24) is 9.97 Å². The molecule has 3 aromatic rings. The number of benzene rings is 2. The van der Waals surface area contributed by atoms with Crippen LogP contribution in [0.5, 0.6) is 0 Å². The fourth-order valence-corrected chi connectivity index (χ4v) is 4.22. The number of nitrogens with zero attached hydrogens (tertiary/aromatic N) is 1. The normalized spacial score (nSPS) is 13.1. The van der Waals surface area contributed by atoms with Crippen molar-refractivity contribution in [2.75, 3.05) is 14.2 Å². The molecule has 1 heterocycles. The van der Waals surface area contributed by atoms with Gasteiger partial charge in [-0.25, -0.2) is 4.98 Å². The lowest BCUT2D eigenvalue weighted by atomic mass is 10.1. The lowest BCUT2D eigenvalue weighted by Crippen LogP contribution is -2.20. The molecule has 2 aromatic carbocycles. The minimum atomic E-state index is -3.62. The molecule has 0 fully saturated rings. The third-order valence-electron chi connectivity index (χ3n) is 3.83. The summed E-state index contributed by atoms with van der Waals surface area (Å²) in [5.41, 5.74) is 0.623. The third-order valence-corrected chi connectivity index (χ3v) is 6.02. The highest BCUT2D eigenvalue weighted by molar-refractivity contribution is 7.54. The van der Waals surface area contributed by atoms with Crippen LogP contribution < -0.4 is 5.56 Å². The Morgan fingerprint density at radius 2 is 1.62 bits per heavy atom. The number of nitrogens with one attached hydrogen (secondary N) is 1. The second-order valence-electron chi connectivity index (χ2n) is 5.19. The molecule has 0 aliphatic rings. The molecule has 0 amide bonds. The molecule has 6 nitrogen and oxygen atoms in total. The van der Waals surface area contributed by atoms with Gasteiger partial charge < -0.3 is 14.0 Å². The number of aromatic nitrogens is 2. The van der Waals surface area contributed by atoms with Crippen molar-refractivity contribution in [3.63, 3.8) is 0 Å². The van der Waals surface area contributed by atoms with E-state index in [2.05, 4.69) is 9.97 Å². The van der Waals surface area contributed by atoms with Crippen LogP contribution in [0.4, 0.5) is 0 Å². The van der Waals surface area contributed by atoms with E-state index in [4.69, 9.17) is 9.05 Å². The van der Waals surface area contributed by atoms with Crippen LogP contribution in [0.25, 0.3) is 11.0 Å². The van der Waals surface area contributed by atoms with E-state index in [0.717, 1.165) is 0 Å². The van der Waals surface area contributed by atoms with Gasteiger partial charge in [0.1, 0.15) is 11.4 Å². The smallest absolute Gasteiger partial charge is 0.319 e. The number of H-pyrrole nitrogens is 1. The van der Waals surface area contributed by atoms with Crippen LogP contribution in [0.1, 0.15) is 16.9 Å². The van der Waals surface area contributed by atoms with E-state index in [-0.39, 0.29) is 5.69 Å². The van der Waals surface area contributed by atoms with Crippen molar-refractivity contribution in [3.05, 3.63) is 76.2 Å². The van der Waals surface area contributed by atoms with Gasteiger partial charge in [-0.1, -0.05) is 42.5 Å². The van der Waals surface area contributed by atoms with Gasteiger partial charge in [-0.3, -0.25) is 9.36 Å². The zero-order valence-electron chi connectivity index (χ0n) is 13.3. The Hall–Kier alpha value is -2.27. The van der Waals surface area contributed by atoms with E-state index in [0.29, 0.717) is 16.6 Å². The molecule has 3 rings (SSSR count). The zero-order valence-corrected chi connectivity index (χ0v) is 14.2. The minimum Gasteiger partial charge on any atom is -0.319 e. The third kappa shape index (κ3) is 2.91.